The van der Waals surface area contributed by atoms with Gasteiger partial charge in [0.1, 0.15) is 12.4 Å². The molecule has 7 nitrogen and oxygen atoms in total. The van der Waals surface area contributed by atoms with Gasteiger partial charge in [-0.15, -0.1) is 0 Å². The monoisotopic (exact) mass is 317 g/mol. The fourth-order valence-electron chi connectivity index (χ4n) is 2.07. The quantitative estimate of drug-likeness (QED) is 0.646. The number of aliphatic imine (C=N–C) groups is 1. The van der Waals surface area contributed by atoms with Crippen molar-refractivity contribution in [2.75, 3.05) is 27.2 Å². The molecule has 0 fully saturated rings. The van der Waals surface area contributed by atoms with E-state index in [-0.39, 0.29) is 0 Å². The fraction of sp³-hybridized carbons (Fsp3) is 0.438. The lowest BCUT2D eigenvalue weighted by Crippen LogP contribution is -2.40. The lowest BCUT2D eigenvalue weighted by Gasteiger charge is -2.21. The molecule has 2 aromatic rings. The number of ether oxygens (including phenoxy) is 1. The Kier molecular flexibility index (Phi) is 5.96. The molecule has 0 saturated carbocycles. The van der Waals surface area contributed by atoms with E-state index in [0.717, 1.165) is 17.3 Å². The van der Waals surface area contributed by atoms with Gasteiger partial charge in [0.05, 0.1) is 13.1 Å². The predicted octanol–water partition coefficient (Wildman–Crippen LogP) is 1.77. The van der Waals surface area contributed by atoms with E-state index in [1.165, 1.54) is 0 Å². The zero-order chi connectivity index (χ0) is 16.7. The predicted molar refractivity (Wildman–Crippen MR) is 88.5 cm³/mol. The van der Waals surface area contributed by atoms with E-state index in [0.29, 0.717) is 31.4 Å². The maximum atomic E-state index is 5.80. The third-order valence-electron chi connectivity index (χ3n) is 3.33. The standard InChI is InChI=1S/C16H23N5O2/c1-12-7-5-6-8-14(12)22-10-9-21(4)16(17-3)18-11-15-19-13(2)23-20-15/h5-8H,9-11H2,1-4H3,(H,17,18). The molecule has 0 amide bonds. The molecule has 0 saturated heterocycles. The van der Waals surface area contributed by atoms with Crippen LogP contribution in [-0.2, 0) is 6.54 Å². The molecule has 0 radical (unpaired) electrons. The second-order valence-electron chi connectivity index (χ2n) is 5.17. The lowest BCUT2D eigenvalue weighted by molar-refractivity contribution is 0.279. The van der Waals surface area contributed by atoms with Gasteiger partial charge in [-0.3, -0.25) is 4.99 Å². The van der Waals surface area contributed by atoms with E-state index in [1.807, 2.05) is 43.1 Å². The van der Waals surface area contributed by atoms with Crippen molar-refractivity contribution >= 4 is 5.96 Å². The van der Waals surface area contributed by atoms with Crippen molar-refractivity contribution in [3.05, 3.63) is 41.5 Å². The summed E-state index contributed by atoms with van der Waals surface area (Å²) in [6.07, 6.45) is 0. The summed E-state index contributed by atoms with van der Waals surface area (Å²) in [5.41, 5.74) is 1.13. The number of nitrogens with one attached hydrogen (secondary N) is 1. The first kappa shape index (κ1) is 16.8. The molecule has 124 valence electrons. The Bertz CT molecular complexity index is 653. The van der Waals surface area contributed by atoms with Crippen LogP contribution in [0.15, 0.2) is 33.8 Å². The first-order valence-electron chi connectivity index (χ1n) is 7.49. The molecule has 23 heavy (non-hydrogen) atoms. The Balaban J connectivity index is 1.78. The van der Waals surface area contributed by atoms with Crippen LogP contribution in [0.5, 0.6) is 5.75 Å². The third-order valence-corrected chi connectivity index (χ3v) is 3.33. The van der Waals surface area contributed by atoms with Gasteiger partial charge in [-0.05, 0) is 18.6 Å². The minimum Gasteiger partial charge on any atom is -0.491 e. The van der Waals surface area contributed by atoms with E-state index < -0.39 is 0 Å². The Morgan fingerprint density at radius 1 is 1.35 bits per heavy atom. The highest BCUT2D eigenvalue weighted by Gasteiger charge is 2.08. The number of nitrogens with zero attached hydrogens (tertiary/aromatic N) is 4. The normalized spacial score (nSPS) is 11.4. The molecule has 1 aromatic heterocycles. The molecule has 1 aromatic carbocycles. The van der Waals surface area contributed by atoms with Crippen molar-refractivity contribution in [2.45, 2.75) is 20.4 Å². The zero-order valence-electron chi connectivity index (χ0n) is 14.0. The highest BCUT2D eigenvalue weighted by Crippen LogP contribution is 2.15. The number of aromatic nitrogens is 2. The van der Waals surface area contributed by atoms with Crippen LogP contribution >= 0.6 is 0 Å². The Morgan fingerprint density at radius 3 is 2.78 bits per heavy atom. The molecular formula is C16H23N5O2. The summed E-state index contributed by atoms with van der Waals surface area (Å²) in [4.78, 5) is 10.4. The molecule has 2 rings (SSSR count). The molecule has 0 atom stereocenters. The number of para-hydroxylation sites is 1. The zero-order valence-corrected chi connectivity index (χ0v) is 14.0. The number of likely N-dealkylation sites (N-methyl/N-ethyl adjacent to an activating group) is 1. The third kappa shape index (κ3) is 4.98. The minimum absolute atomic E-state index is 0.465. The molecule has 7 heteroatoms. The Morgan fingerprint density at radius 2 is 2.13 bits per heavy atom. The van der Waals surface area contributed by atoms with E-state index in [2.05, 4.69) is 20.4 Å². The van der Waals surface area contributed by atoms with Crippen molar-refractivity contribution in [2.24, 2.45) is 4.99 Å². The van der Waals surface area contributed by atoms with Crippen molar-refractivity contribution in [3.8, 4) is 5.75 Å². The van der Waals surface area contributed by atoms with Gasteiger partial charge in [-0.2, -0.15) is 4.98 Å². The molecule has 0 aliphatic carbocycles. The summed E-state index contributed by atoms with van der Waals surface area (Å²) in [7, 11) is 3.69. The number of benzene rings is 1. The van der Waals surface area contributed by atoms with Gasteiger partial charge in [0.15, 0.2) is 11.8 Å². The Labute approximate surface area is 136 Å². The van der Waals surface area contributed by atoms with Crippen LogP contribution in [-0.4, -0.2) is 48.2 Å². The van der Waals surface area contributed by atoms with Gasteiger partial charge in [-0.25, -0.2) is 0 Å². The van der Waals surface area contributed by atoms with Gasteiger partial charge in [0, 0.05) is 21.0 Å². The molecule has 0 spiro atoms. The first-order chi connectivity index (χ1) is 11.1. The summed E-state index contributed by atoms with van der Waals surface area (Å²) in [6, 6.07) is 7.98. The molecular weight excluding hydrogens is 294 g/mol. The number of hydrogen-bond acceptors (Lipinski definition) is 5. The van der Waals surface area contributed by atoms with Gasteiger partial charge < -0.3 is 19.5 Å². The maximum absolute atomic E-state index is 5.80. The largest absolute Gasteiger partial charge is 0.491 e. The summed E-state index contributed by atoms with van der Waals surface area (Å²) in [6.45, 7) is 5.54. The van der Waals surface area contributed by atoms with Crippen molar-refractivity contribution in [3.63, 3.8) is 0 Å². The van der Waals surface area contributed by atoms with Gasteiger partial charge in [0.2, 0.25) is 5.89 Å². The number of hydrogen-bond donors (Lipinski definition) is 1. The number of rotatable bonds is 6. The highest BCUT2D eigenvalue weighted by atomic mass is 16.5. The molecule has 0 bridgehead atoms. The average Bonchev–Trinajstić information content (AvgIpc) is 2.95. The summed E-state index contributed by atoms with van der Waals surface area (Å²) in [5.74, 6) is 2.82. The second kappa shape index (κ2) is 8.17. The molecule has 1 heterocycles. The van der Waals surface area contributed by atoms with Gasteiger partial charge in [-0.1, -0.05) is 23.4 Å². The van der Waals surface area contributed by atoms with Crippen LogP contribution in [0.4, 0.5) is 0 Å². The number of guanidine groups is 1. The lowest BCUT2D eigenvalue weighted by atomic mass is 10.2. The van der Waals surface area contributed by atoms with Gasteiger partial charge >= 0.3 is 0 Å². The average molecular weight is 317 g/mol. The molecule has 0 aliphatic rings. The van der Waals surface area contributed by atoms with Crippen molar-refractivity contribution < 1.29 is 9.26 Å². The van der Waals surface area contributed by atoms with E-state index in [9.17, 15) is 0 Å². The van der Waals surface area contributed by atoms with Crippen LogP contribution in [0.3, 0.4) is 0 Å². The van der Waals surface area contributed by atoms with E-state index >= 15 is 0 Å². The van der Waals surface area contributed by atoms with Crippen LogP contribution in [0.25, 0.3) is 0 Å². The first-order valence-corrected chi connectivity index (χ1v) is 7.49. The molecule has 0 aliphatic heterocycles. The van der Waals surface area contributed by atoms with Crippen molar-refractivity contribution in [1.82, 2.24) is 20.4 Å². The maximum Gasteiger partial charge on any atom is 0.223 e. The summed E-state index contributed by atoms with van der Waals surface area (Å²) < 4.78 is 10.7. The van der Waals surface area contributed by atoms with Crippen LogP contribution < -0.4 is 10.1 Å². The number of aryl methyl sites for hydroxylation is 2. The van der Waals surface area contributed by atoms with Crippen LogP contribution in [0.1, 0.15) is 17.3 Å². The van der Waals surface area contributed by atoms with E-state index in [1.54, 1.807) is 14.0 Å². The summed E-state index contributed by atoms with van der Waals surface area (Å²) >= 11 is 0. The van der Waals surface area contributed by atoms with Crippen molar-refractivity contribution in [1.29, 1.82) is 0 Å². The molecule has 1 N–H and O–H groups in total. The Hall–Kier alpha value is -2.57. The summed E-state index contributed by atoms with van der Waals surface area (Å²) in [5, 5.41) is 7.04. The van der Waals surface area contributed by atoms with Gasteiger partial charge in [0.25, 0.3) is 0 Å². The fourth-order valence-corrected chi connectivity index (χ4v) is 2.07. The smallest absolute Gasteiger partial charge is 0.223 e. The van der Waals surface area contributed by atoms with Crippen LogP contribution in [0, 0.1) is 13.8 Å². The second-order valence-corrected chi connectivity index (χ2v) is 5.17. The minimum atomic E-state index is 0.465. The topological polar surface area (TPSA) is 75.8 Å². The highest BCUT2D eigenvalue weighted by molar-refractivity contribution is 5.79. The SMILES string of the molecule is CN=C(NCc1noc(C)n1)N(C)CCOc1ccccc1C. The van der Waals surface area contributed by atoms with E-state index in [4.69, 9.17) is 9.26 Å². The van der Waals surface area contributed by atoms with Crippen LogP contribution in [0.2, 0.25) is 0 Å². The molecule has 0 unspecified atom stereocenters.